The number of hydrogen-bond donors (Lipinski definition) is 2. The number of likely N-dealkylation sites (tertiary alicyclic amines) is 1. The molecular weight excluding hydrogens is 250 g/mol. The molecule has 0 spiro atoms. The summed E-state index contributed by atoms with van der Waals surface area (Å²) in [7, 11) is 0. The highest BCUT2D eigenvalue weighted by atomic mass is 16.1. The molecular formula is C16H25N3O. The first kappa shape index (κ1) is 15.0. The predicted molar refractivity (Wildman–Crippen MR) is 81.5 cm³/mol. The van der Waals surface area contributed by atoms with E-state index in [9.17, 15) is 4.79 Å². The molecule has 1 aromatic carbocycles. The smallest absolute Gasteiger partial charge is 0.235 e. The molecule has 110 valence electrons. The molecule has 1 amide bonds. The quantitative estimate of drug-likeness (QED) is 0.789. The molecule has 0 aliphatic carbocycles. The van der Waals surface area contributed by atoms with Gasteiger partial charge in [0.2, 0.25) is 5.91 Å². The van der Waals surface area contributed by atoms with Crippen molar-refractivity contribution in [2.45, 2.75) is 31.7 Å². The molecule has 2 unspecified atom stereocenters. The zero-order valence-corrected chi connectivity index (χ0v) is 12.2. The van der Waals surface area contributed by atoms with Crippen LogP contribution in [0.1, 0.15) is 31.2 Å². The Morgan fingerprint density at radius 2 is 2.20 bits per heavy atom. The number of carbonyl (C=O) groups is 1. The summed E-state index contributed by atoms with van der Waals surface area (Å²) in [6, 6.07) is 10.4. The maximum atomic E-state index is 11.5. The maximum Gasteiger partial charge on any atom is 0.235 e. The third-order valence-corrected chi connectivity index (χ3v) is 3.97. The fourth-order valence-corrected chi connectivity index (χ4v) is 2.83. The van der Waals surface area contributed by atoms with Crippen molar-refractivity contribution in [3.05, 3.63) is 35.9 Å². The van der Waals surface area contributed by atoms with E-state index in [1.54, 1.807) is 0 Å². The standard InChI is InChI=1S/C16H25N3O/c1-2-9-18-15(16(17)20)12-19-10-8-14(11-19)13-6-4-3-5-7-13/h3-7,14-15,18H,2,8-12H2,1H3,(H2,17,20). The van der Waals surface area contributed by atoms with E-state index in [1.165, 1.54) is 5.56 Å². The van der Waals surface area contributed by atoms with Crippen molar-refractivity contribution in [2.24, 2.45) is 5.73 Å². The molecule has 2 atom stereocenters. The molecule has 1 aliphatic heterocycles. The molecule has 20 heavy (non-hydrogen) atoms. The van der Waals surface area contributed by atoms with Crippen molar-refractivity contribution in [3.8, 4) is 0 Å². The highest BCUT2D eigenvalue weighted by Crippen LogP contribution is 2.26. The minimum atomic E-state index is -0.249. The third-order valence-electron chi connectivity index (χ3n) is 3.97. The summed E-state index contributed by atoms with van der Waals surface area (Å²) in [5.41, 5.74) is 6.87. The summed E-state index contributed by atoms with van der Waals surface area (Å²) >= 11 is 0. The van der Waals surface area contributed by atoms with Gasteiger partial charge in [-0.25, -0.2) is 0 Å². The number of hydrogen-bond acceptors (Lipinski definition) is 3. The van der Waals surface area contributed by atoms with Crippen molar-refractivity contribution in [3.63, 3.8) is 0 Å². The molecule has 0 bridgehead atoms. The molecule has 2 rings (SSSR count). The van der Waals surface area contributed by atoms with E-state index in [2.05, 4.69) is 41.4 Å². The van der Waals surface area contributed by atoms with E-state index in [0.717, 1.165) is 39.0 Å². The fraction of sp³-hybridized carbons (Fsp3) is 0.562. The Hall–Kier alpha value is -1.39. The van der Waals surface area contributed by atoms with Gasteiger partial charge in [-0.2, -0.15) is 0 Å². The largest absolute Gasteiger partial charge is 0.368 e. The molecule has 1 heterocycles. The van der Waals surface area contributed by atoms with E-state index in [-0.39, 0.29) is 11.9 Å². The van der Waals surface area contributed by atoms with Gasteiger partial charge >= 0.3 is 0 Å². The van der Waals surface area contributed by atoms with Crippen molar-refractivity contribution in [1.29, 1.82) is 0 Å². The highest BCUT2D eigenvalue weighted by Gasteiger charge is 2.27. The van der Waals surface area contributed by atoms with Gasteiger partial charge in [-0.1, -0.05) is 37.3 Å². The van der Waals surface area contributed by atoms with E-state index in [4.69, 9.17) is 5.73 Å². The Kier molecular flexibility index (Phi) is 5.56. The van der Waals surface area contributed by atoms with E-state index < -0.39 is 0 Å². The summed E-state index contributed by atoms with van der Waals surface area (Å²) in [4.78, 5) is 13.8. The average Bonchev–Trinajstić information content (AvgIpc) is 2.92. The lowest BCUT2D eigenvalue weighted by Gasteiger charge is -2.22. The summed E-state index contributed by atoms with van der Waals surface area (Å²) in [5.74, 6) is 0.331. The van der Waals surface area contributed by atoms with Gasteiger partial charge < -0.3 is 16.0 Å². The number of benzene rings is 1. The zero-order chi connectivity index (χ0) is 14.4. The van der Waals surface area contributed by atoms with Crippen LogP contribution in [-0.4, -0.2) is 43.0 Å². The van der Waals surface area contributed by atoms with Gasteiger partial charge in [0.05, 0.1) is 6.04 Å². The van der Waals surface area contributed by atoms with Crippen LogP contribution in [0.25, 0.3) is 0 Å². The Labute approximate surface area is 121 Å². The summed E-state index contributed by atoms with van der Waals surface area (Å²) < 4.78 is 0. The Bertz CT molecular complexity index is 421. The number of nitrogens with two attached hydrogens (primary N) is 1. The monoisotopic (exact) mass is 275 g/mol. The predicted octanol–water partition coefficient (Wildman–Crippen LogP) is 1.33. The number of rotatable bonds is 7. The van der Waals surface area contributed by atoms with Crippen molar-refractivity contribution in [1.82, 2.24) is 10.2 Å². The highest BCUT2D eigenvalue weighted by molar-refractivity contribution is 5.80. The Morgan fingerprint density at radius 3 is 2.85 bits per heavy atom. The Balaban J connectivity index is 1.87. The fourth-order valence-electron chi connectivity index (χ4n) is 2.83. The van der Waals surface area contributed by atoms with E-state index in [1.807, 2.05) is 6.07 Å². The van der Waals surface area contributed by atoms with Crippen molar-refractivity contribution >= 4 is 5.91 Å². The lowest BCUT2D eigenvalue weighted by molar-refractivity contribution is -0.120. The van der Waals surface area contributed by atoms with Gasteiger partial charge in [0.1, 0.15) is 0 Å². The third kappa shape index (κ3) is 4.05. The molecule has 0 saturated carbocycles. The molecule has 1 fully saturated rings. The first-order chi connectivity index (χ1) is 9.70. The molecule has 4 nitrogen and oxygen atoms in total. The lowest BCUT2D eigenvalue weighted by Crippen LogP contribution is -2.48. The SMILES string of the molecule is CCCNC(CN1CCC(c2ccccc2)C1)C(N)=O. The minimum Gasteiger partial charge on any atom is -0.368 e. The molecule has 1 saturated heterocycles. The zero-order valence-electron chi connectivity index (χ0n) is 12.2. The van der Waals surface area contributed by atoms with Crippen LogP contribution >= 0.6 is 0 Å². The number of primary amides is 1. The number of amides is 1. The molecule has 0 aromatic heterocycles. The van der Waals surface area contributed by atoms with Gasteiger partial charge in [-0.3, -0.25) is 4.79 Å². The summed E-state index contributed by atoms with van der Waals surface area (Å²) in [6.45, 7) is 5.70. The van der Waals surface area contributed by atoms with Crippen LogP contribution in [0.15, 0.2) is 30.3 Å². The Morgan fingerprint density at radius 1 is 1.45 bits per heavy atom. The molecule has 1 aliphatic rings. The summed E-state index contributed by atoms with van der Waals surface area (Å²) in [5, 5.41) is 3.23. The molecule has 1 aromatic rings. The molecule has 0 radical (unpaired) electrons. The van der Waals surface area contributed by atoms with E-state index >= 15 is 0 Å². The van der Waals surface area contributed by atoms with Crippen LogP contribution in [0, 0.1) is 0 Å². The van der Waals surface area contributed by atoms with Crippen molar-refractivity contribution < 1.29 is 4.79 Å². The number of nitrogens with zero attached hydrogens (tertiary/aromatic N) is 1. The van der Waals surface area contributed by atoms with Gasteiger partial charge in [0.15, 0.2) is 0 Å². The van der Waals surface area contributed by atoms with Crippen LogP contribution < -0.4 is 11.1 Å². The normalized spacial score (nSPS) is 20.9. The molecule has 3 N–H and O–H groups in total. The first-order valence-electron chi connectivity index (χ1n) is 7.50. The second kappa shape index (κ2) is 7.41. The minimum absolute atomic E-state index is 0.232. The lowest BCUT2D eigenvalue weighted by atomic mass is 9.99. The maximum absolute atomic E-state index is 11.5. The van der Waals surface area contributed by atoms with Crippen molar-refractivity contribution in [2.75, 3.05) is 26.2 Å². The second-order valence-electron chi connectivity index (χ2n) is 5.56. The van der Waals surface area contributed by atoms with Crippen LogP contribution in [0.3, 0.4) is 0 Å². The summed E-state index contributed by atoms with van der Waals surface area (Å²) in [6.07, 6.45) is 2.17. The number of nitrogens with one attached hydrogen (secondary N) is 1. The van der Waals surface area contributed by atoms with Crippen LogP contribution in [-0.2, 0) is 4.79 Å². The van der Waals surface area contributed by atoms with E-state index in [0.29, 0.717) is 5.92 Å². The van der Waals surface area contributed by atoms with Gasteiger partial charge in [0.25, 0.3) is 0 Å². The van der Waals surface area contributed by atoms with Gasteiger partial charge in [-0.15, -0.1) is 0 Å². The second-order valence-corrected chi connectivity index (χ2v) is 5.56. The average molecular weight is 275 g/mol. The topological polar surface area (TPSA) is 58.4 Å². The van der Waals surface area contributed by atoms with Gasteiger partial charge in [0, 0.05) is 13.1 Å². The molecule has 4 heteroatoms. The van der Waals surface area contributed by atoms with Crippen LogP contribution in [0.2, 0.25) is 0 Å². The van der Waals surface area contributed by atoms with Gasteiger partial charge in [-0.05, 0) is 37.4 Å². The van der Waals surface area contributed by atoms with Crippen LogP contribution in [0.5, 0.6) is 0 Å². The first-order valence-corrected chi connectivity index (χ1v) is 7.50. The van der Waals surface area contributed by atoms with Crippen LogP contribution in [0.4, 0.5) is 0 Å². The number of carbonyl (C=O) groups excluding carboxylic acids is 1.